The zero-order valence-corrected chi connectivity index (χ0v) is 19.5. The third-order valence-corrected chi connectivity index (χ3v) is 7.26. The van der Waals surface area contributed by atoms with Crippen LogP contribution >= 0.6 is 11.8 Å². The summed E-state index contributed by atoms with van der Waals surface area (Å²) in [5.41, 5.74) is 2.23. The van der Waals surface area contributed by atoms with Crippen LogP contribution in [-0.2, 0) is 4.79 Å². The summed E-state index contributed by atoms with van der Waals surface area (Å²) in [5.74, 6) is 0.577. The largest absolute Gasteiger partial charge is 0.496 e. The molecule has 5 nitrogen and oxygen atoms in total. The topological polar surface area (TPSA) is 58.6 Å². The maximum absolute atomic E-state index is 13.1. The number of nitrogens with zero attached hydrogens (tertiary/aromatic N) is 1. The summed E-state index contributed by atoms with van der Waals surface area (Å²) >= 11 is 1.43. The summed E-state index contributed by atoms with van der Waals surface area (Å²) in [7, 11) is 3.38. The van der Waals surface area contributed by atoms with Gasteiger partial charge in [0.1, 0.15) is 5.75 Å². The van der Waals surface area contributed by atoms with E-state index in [1.54, 1.807) is 19.1 Å². The average Bonchev–Trinajstić information content (AvgIpc) is 2.79. The number of carbonyl (C=O) groups is 2. The SMILES string of the molecule is COc1ccccc1/C=C1/Sc2ccc(C(=O)NC3CCCCCCC3)cc2N(C)C1=O. The molecule has 1 saturated carbocycles. The highest BCUT2D eigenvalue weighted by molar-refractivity contribution is 8.04. The number of methoxy groups -OCH3 is 1. The van der Waals surface area contributed by atoms with Crippen molar-refractivity contribution >= 4 is 35.3 Å². The summed E-state index contributed by atoms with van der Waals surface area (Å²) in [5, 5.41) is 3.22. The Kier molecular flexibility index (Phi) is 7.20. The van der Waals surface area contributed by atoms with E-state index in [2.05, 4.69) is 5.32 Å². The lowest BCUT2D eigenvalue weighted by Gasteiger charge is -2.28. The summed E-state index contributed by atoms with van der Waals surface area (Å²) in [6.07, 6.45) is 10.1. The Balaban J connectivity index is 1.53. The van der Waals surface area contributed by atoms with Crippen LogP contribution in [0.3, 0.4) is 0 Å². The number of thioether (sulfide) groups is 1. The first-order chi connectivity index (χ1) is 15.6. The number of hydrogen-bond acceptors (Lipinski definition) is 4. The van der Waals surface area contributed by atoms with Crippen LogP contribution in [0.1, 0.15) is 60.9 Å². The van der Waals surface area contributed by atoms with Crippen LogP contribution in [0.2, 0.25) is 0 Å². The second-order valence-corrected chi connectivity index (χ2v) is 9.50. The Morgan fingerprint density at radius 1 is 1.09 bits per heavy atom. The minimum absolute atomic E-state index is 0.0559. The number of fused-ring (bicyclic) bond motifs is 1. The standard InChI is InChI=1S/C26H30N2O3S/c1-28-21-16-19(25(29)27-20-11-6-4-3-5-7-12-20)14-15-23(21)32-24(26(28)30)17-18-10-8-9-13-22(18)31-2/h8-10,13-17,20H,3-7,11-12H2,1-2H3,(H,27,29)/b24-17+. The van der Waals surface area contributed by atoms with Gasteiger partial charge in [0.15, 0.2) is 0 Å². The van der Waals surface area contributed by atoms with E-state index in [0.29, 0.717) is 10.5 Å². The molecule has 0 radical (unpaired) electrons. The molecule has 0 bridgehead atoms. The normalized spacial score (nSPS) is 18.6. The Bertz CT molecular complexity index is 1030. The number of anilines is 1. The first-order valence-electron chi connectivity index (χ1n) is 11.3. The van der Waals surface area contributed by atoms with Gasteiger partial charge < -0.3 is 15.0 Å². The predicted octanol–water partition coefficient (Wildman–Crippen LogP) is 5.65. The van der Waals surface area contributed by atoms with Crippen LogP contribution in [0.25, 0.3) is 6.08 Å². The Labute approximate surface area is 194 Å². The van der Waals surface area contributed by atoms with Crippen molar-refractivity contribution in [1.29, 1.82) is 0 Å². The van der Waals surface area contributed by atoms with E-state index in [-0.39, 0.29) is 17.9 Å². The van der Waals surface area contributed by atoms with Crippen molar-refractivity contribution in [3.05, 3.63) is 58.5 Å². The van der Waals surface area contributed by atoms with Crippen LogP contribution in [0.5, 0.6) is 5.75 Å². The molecule has 2 aromatic carbocycles. The lowest BCUT2D eigenvalue weighted by molar-refractivity contribution is -0.114. The van der Waals surface area contributed by atoms with Crippen molar-refractivity contribution in [3.8, 4) is 5.75 Å². The van der Waals surface area contributed by atoms with Crippen molar-refractivity contribution in [2.75, 3.05) is 19.1 Å². The molecule has 1 fully saturated rings. The summed E-state index contributed by atoms with van der Waals surface area (Å²) < 4.78 is 5.41. The smallest absolute Gasteiger partial charge is 0.264 e. The third kappa shape index (κ3) is 5.01. The number of amides is 2. The molecule has 168 valence electrons. The van der Waals surface area contributed by atoms with Gasteiger partial charge in [-0.3, -0.25) is 9.59 Å². The highest BCUT2D eigenvalue weighted by Crippen LogP contribution is 2.42. The fourth-order valence-corrected chi connectivity index (χ4v) is 5.41. The Hall–Kier alpha value is -2.73. The molecule has 2 aromatic rings. The van der Waals surface area contributed by atoms with Crippen molar-refractivity contribution < 1.29 is 14.3 Å². The average molecular weight is 451 g/mol. The van der Waals surface area contributed by atoms with Gasteiger partial charge in [-0.15, -0.1) is 0 Å². The molecule has 32 heavy (non-hydrogen) atoms. The highest BCUT2D eigenvalue weighted by atomic mass is 32.2. The van der Waals surface area contributed by atoms with E-state index in [1.165, 1.54) is 43.9 Å². The highest BCUT2D eigenvalue weighted by Gasteiger charge is 2.28. The van der Waals surface area contributed by atoms with E-state index in [9.17, 15) is 9.59 Å². The Morgan fingerprint density at radius 2 is 1.81 bits per heavy atom. The van der Waals surface area contributed by atoms with Crippen molar-refractivity contribution in [2.45, 2.75) is 55.9 Å². The molecule has 4 rings (SSSR count). The number of nitrogens with one attached hydrogen (secondary N) is 1. The molecule has 0 spiro atoms. The lowest BCUT2D eigenvalue weighted by Crippen LogP contribution is -2.35. The number of benzene rings is 2. The molecule has 2 aliphatic rings. The fourth-order valence-electron chi connectivity index (χ4n) is 4.33. The van der Waals surface area contributed by atoms with Crippen LogP contribution in [-0.4, -0.2) is 32.0 Å². The Morgan fingerprint density at radius 3 is 2.56 bits per heavy atom. The van der Waals surface area contributed by atoms with E-state index in [4.69, 9.17) is 4.74 Å². The molecule has 1 heterocycles. The van der Waals surface area contributed by atoms with Gasteiger partial charge in [-0.05, 0) is 43.2 Å². The number of hydrogen-bond donors (Lipinski definition) is 1. The van der Waals surface area contributed by atoms with Gasteiger partial charge in [-0.25, -0.2) is 0 Å². The number of likely N-dealkylation sites (N-methyl/N-ethyl adjacent to an activating group) is 1. The van der Waals surface area contributed by atoms with Crippen LogP contribution in [0.15, 0.2) is 52.3 Å². The third-order valence-electron chi connectivity index (χ3n) is 6.18. The van der Waals surface area contributed by atoms with Gasteiger partial charge >= 0.3 is 0 Å². The van der Waals surface area contributed by atoms with Crippen molar-refractivity contribution in [1.82, 2.24) is 5.32 Å². The van der Waals surface area contributed by atoms with E-state index >= 15 is 0 Å². The fraction of sp³-hybridized carbons (Fsp3) is 0.385. The van der Waals surface area contributed by atoms with Gasteiger partial charge in [0.2, 0.25) is 0 Å². The molecule has 0 atom stereocenters. The van der Waals surface area contributed by atoms with Gasteiger partial charge in [-0.2, -0.15) is 0 Å². The second-order valence-electron chi connectivity index (χ2n) is 8.41. The van der Waals surface area contributed by atoms with Crippen LogP contribution in [0.4, 0.5) is 5.69 Å². The van der Waals surface area contributed by atoms with E-state index in [0.717, 1.165) is 34.7 Å². The maximum atomic E-state index is 13.1. The zero-order valence-electron chi connectivity index (χ0n) is 18.7. The van der Waals surface area contributed by atoms with Gasteiger partial charge in [0, 0.05) is 29.1 Å². The molecular weight excluding hydrogens is 420 g/mol. The molecule has 1 aliphatic heterocycles. The van der Waals surface area contributed by atoms with Crippen LogP contribution < -0.4 is 15.0 Å². The minimum atomic E-state index is -0.0917. The first kappa shape index (κ1) is 22.5. The molecule has 1 aliphatic carbocycles. The molecular formula is C26H30N2O3S. The van der Waals surface area contributed by atoms with Gasteiger partial charge in [0.05, 0.1) is 17.7 Å². The quantitative estimate of drug-likeness (QED) is 0.612. The molecule has 0 unspecified atom stereocenters. The predicted molar refractivity (Wildman–Crippen MR) is 130 cm³/mol. The van der Waals surface area contributed by atoms with Gasteiger partial charge in [0.25, 0.3) is 11.8 Å². The number of ether oxygens (including phenoxy) is 1. The summed E-state index contributed by atoms with van der Waals surface area (Å²) in [6.45, 7) is 0. The second kappa shape index (κ2) is 10.3. The number of carbonyl (C=O) groups excluding carboxylic acids is 2. The maximum Gasteiger partial charge on any atom is 0.264 e. The zero-order chi connectivity index (χ0) is 22.5. The number of para-hydroxylation sites is 1. The first-order valence-corrected chi connectivity index (χ1v) is 12.1. The minimum Gasteiger partial charge on any atom is -0.496 e. The molecule has 0 saturated heterocycles. The molecule has 6 heteroatoms. The van der Waals surface area contributed by atoms with Gasteiger partial charge in [-0.1, -0.05) is 62.1 Å². The lowest BCUT2D eigenvalue weighted by atomic mass is 9.96. The molecule has 0 aromatic heterocycles. The molecule has 1 N–H and O–H groups in total. The van der Waals surface area contributed by atoms with E-state index < -0.39 is 0 Å². The van der Waals surface area contributed by atoms with E-state index in [1.807, 2.05) is 48.5 Å². The number of rotatable bonds is 4. The summed E-state index contributed by atoms with van der Waals surface area (Å²) in [4.78, 5) is 29.2. The molecule has 2 amide bonds. The summed E-state index contributed by atoms with van der Waals surface area (Å²) in [6, 6.07) is 13.5. The van der Waals surface area contributed by atoms with Crippen LogP contribution in [0, 0.1) is 0 Å². The van der Waals surface area contributed by atoms with Crippen molar-refractivity contribution in [2.24, 2.45) is 0 Å². The van der Waals surface area contributed by atoms with Crippen molar-refractivity contribution in [3.63, 3.8) is 0 Å². The monoisotopic (exact) mass is 450 g/mol.